The minimum atomic E-state index is -0.955. The first kappa shape index (κ1) is 12.0. The molecule has 2 rings (SSSR count). The van der Waals surface area contributed by atoms with E-state index in [2.05, 4.69) is 5.48 Å². The van der Waals surface area contributed by atoms with E-state index in [0.717, 1.165) is 5.56 Å². The average Bonchev–Trinajstić information content (AvgIpc) is 2.79. The van der Waals surface area contributed by atoms with Crippen molar-refractivity contribution >= 4 is 5.97 Å². The van der Waals surface area contributed by atoms with Crippen LogP contribution < -0.4 is 5.48 Å². The molecule has 0 aliphatic carbocycles. The van der Waals surface area contributed by atoms with Gasteiger partial charge in [0.05, 0.1) is 12.6 Å². The van der Waals surface area contributed by atoms with E-state index in [1.54, 1.807) is 0 Å². The van der Waals surface area contributed by atoms with Crippen molar-refractivity contribution in [1.29, 1.82) is 0 Å². The Morgan fingerprint density at radius 3 is 2.94 bits per heavy atom. The Bertz CT molecular complexity index is 368. The van der Waals surface area contributed by atoms with E-state index >= 15 is 0 Å². The second kappa shape index (κ2) is 5.77. The van der Waals surface area contributed by atoms with Crippen LogP contribution in [0.4, 0.5) is 0 Å². The molecule has 1 aromatic carbocycles. The normalized spacial score (nSPS) is 23.8. The molecular weight excluding hydrogens is 222 g/mol. The van der Waals surface area contributed by atoms with Crippen LogP contribution in [0.1, 0.15) is 12.0 Å². The van der Waals surface area contributed by atoms with Crippen LogP contribution in [-0.2, 0) is 21.0 Å². The van der Waals surface area contributed by atoms with Gasteiger partial charge in [0.25, 0.3) is 0 Å². The van der Waals surface area contributed by atoms with Crippen LogP contribution in [0.3, 0.4) is 0 Å². The van der Waals surface area contributed by atoms with Crippen molar-refractivity contribution in [1.82, 2.24) is 5.48 Å². The third kappa shape index (κ3) is 3.26. The monoisotopic (exact) mass is 237 g/mol. The summed E-state index contributed by atoms with van der Waals surface area (Å²) in [4.78, 5) is 16.1. The summed E-state index contributed by atoms with van der Waals surface area (Å²) < 4.78 is 5.09. The van der Waals surface area contributed by atoms with E-state index in [1.165, 1.54) is 0 Å². The predicted octanol–water partition coefficient (Wildman–Crippen LogP) is 0.950. The number of carbonyl (C=O) groups is 1. The Kier molecular flexibility index (Phi) is 4.08. The summed E-state index contributed by atoms with van der Waals surface area (Å²) in [5.41, 5.74) is 3.79. The molecule has 1 fully saturated rings. The Morgan fingerprint density at radius 2 is 2.24 bits per heavy atom. The molecule has 1 aliphatic rings. The molecule has 0 bridgehead atoms. The quantitative estimate of drug-likeness (QED) is 0.746. The van der Waals surface area contributed by atoms with Gasteiger partial charge in [-0.25, -0.2) is 4.79 Å². The summed E-state index contributed by atoms with van der Waals surface area (Å²) in [6.07, 6.45) is -0.169. The molecule has 1 aromatic rings. The predicted molar refractivity (Wildman–Crippen MR) is 60.1 cm³/mol. The third-order valence-electron chi connectivity index (χ3n) is 2.65. The number of ether oxygens (including phenoxy) is 1. The van der Waals surface area contributed by atoms with Crippen molar-refractivity contribution in [2.45, 2.75) is 25.2 Å². The maximum absolute atomic E-state index is 10.8. The van der Waals surface area contributed by atoms with E-state index in [-0.39, 0.29) is 6.04 Å². The number of hydrogen-bond acceptors (Lipinski definition) is 4. The van der Waals surface area contributed by atoms with Crippen LogP contribution in [-0.4, -0.2) is 29.8 Å². The molecule has 5 nitrogen and oxygen atoms in total. The molecule has 2 N–H and O–H groups in total. The number of carboxylic acids is 1. The van der Waals surface area contributed by atoms with Crippen LogP contribution in [0.25, 0.3) is 0 Å². The number of carboxylic acid groups (broad SMARTS) is 1. The highest BCUT2D eigenvalue weighted by molar-refractivity contribution is 5.73. The van der Waals surface area contributed by atoms with E-state index < -0.39 is 12.1 Å². The molecule has 0 aromatic heterocycles. The number of nitrogens with one attached hydrogen (secondary N) is 1. The summed E-state index contributed by atoms with van der Waals surface area (Å²) in [6.45, 7) is 0.854. The first-order valence-corrected chi connectivity index (χ1v) is 5.53. The molecule has 17 heavy (non-hydrogen) atoms. The minimum absolute atomic E-state index is 0.281. The van der Waals surface area contributed by atoms with E-state index in [9.17, 15) is 4.79 Å². The van der Waals surface area contributed by atoms with Gasteiger partial charge in [-0.1, -0.05) is 30.3 Å². The molecule has 0 radical (unpaired) electrons. The lowest BCUT2D eigenvalue weighted by atomic mass is 10.1. The summed E-state index contributed by atoms with van der Waals surface area (Å²) in [7, 11) is 0. The van der Waals surface area contributed by atoms with Crippen molar-refractivity contribution in [2.75, 3.05) is 6.61 Å². The van der Waals surface area contributed by atoms with Gasteiger partial charge in [0, 0.05) is 6.61 Å². The van der Waals surface area contributed by atoms with Crippen molar-refractivity contribution in [3.05, 3.63) is 35.9 Å². The van der Waals surface area contributed by atoms with Gasteiger partial charge < -0.3 is 9.84 Å². The molecule has 5 heteroatoms. The summed E-state index contributed by atoms with van der Waals surface area (Å²) in [5, 5.41) is 8.88. The largest absolute Gasteiger partial charge is 0.479 e. The zero-order valence-electron chi connectivity index (χ0n) is 9.33. The van der Waals surface area contributed by atoms with E-state index in [0.29, 0.717) is 19.6 Å². The zero-order chi connectivity index (χ0) is 12.1. The number of benzene rings is 1. The lowest BCUT2D eigenvalue weighted by molar-refractivity contribution is -0.150. The van der Waals surface area contributed by atoms with Gasteiger partial charge in [0.2, 0.25) is 0 Å². The molecule has 2 atom stereocenters. The van der Waals surface area contributed by atoms with Gasteiger partial charge in [-0.2, -0.15) is 5.48 Å². The molecule has 92 valence electrons. The Labute approximate surface area is 99.3 Å². The first-order valence-electron chi connectivity index (χ1n) is 5.53. The fourth-order valence-corrected chi connectivity index (χ4v) is 1.76. The second-order valence-corrected chi connectivity index (χ2v) is 3.92. The zero-order valence-corrected chi connectivity index (χ0v) is 9.33. The maximum Gasteiger partial charge on any atom is 0.334 e. The van der Waals surface area contributed by atoms with Gasteiger partial charge in [0.15, 0.2) is 6.10 Å². The molecular formula is C12H15NO4. The van der Waals surface area contributed by atoms with Crippen molar-refractivity contribution in [2.24, 2.45) is 0 Å². The first-order chi connectivity index (χ1) is 8.27. The minimum Gasteiger partial charge on any atom is -0.479 e. The number of rotatable bonds is 5. The fourth-order valence-electron chi connectivity index (χ4n) is 1.76. The lowest BCUT2D eigenvalue weighted by Gasteiger charge is -2.15. The van der Waals surface area contributed by atoms with Crippen LogP contribution >= 0.6 is 0 Å². The highest BCUT2D eigenvalue weighted by Gasteiger charge is 2.34. The summed E-state index contributed by atoms with van der Waals surface area (Å²) >= 11 is 0. The van der Waals surface area contributed by atoms with E-state index in [1.807, 2.05) is 30.3 Å². The molecule has 0 spiro atoms. The van der Waals surface area contributed by atoms with Crippen LogP contribution in [0.2, 0.25) is 0 Å². The summed E-state index contributed by atoms with van der Waals surface area (Å²) in [6, 6.07) is 9.40. The highest BCUT2D eigenvalue weighted by atomic mass is 16.6. The standard InChI is InChI=1S/C12H15NO4/c14-12(15)11-10(6-7-16-11)13-17-8-9-4-2-1-3-5-9/h1-5,10-11,13H,6-8H2,(H,14,15). The lowest BCUT2D eigenvalue weighted by Crippen LogP contribution is -2.40. The fraction of sp³-hybridized carbons (Fsp3) is 0.417. The van der Waals surface area contributed by atoms with Gasteiger partial charge in [-0.15, -0.1) is 0 Å². The highest BCUT2D eigenvalue weighted by Crippen LogP contribution is 2.14. The topological polar surface area (TPSA) is 67.8 Å². The van der Waals surface area contributed by atoms with Gasteiger partial charge in [-0.3, -0.25) is 4.84 Å². The summed E-state index contributed by atoms with van der Waals surface area (Å²) in [5.74, 6) is -0.955. The van der Waals surface area contributed by atoms with Crippen LogP contribution in [0.15, 0.2) is 30.3 Å². The van der Waals surface area contributed by atoms with Gasteiger partial charge in [-0.05, 0) is 12.0 Å². The number of aliphatic carboxylic acids is 1. The Balaban J connectivity index is 1.77. The Hall–Kier alpha value is -1.43. The van der Waals surface area contributed by atoms with Gasteiger partial charge in [0.1, 0.15) is 0 Å². The van der Waals surface area contributed by atoms with Crippen LogP contribution in [0.5, 0.6) is 0 Å². The molecule has 1 heterocycles. The van der Waals surface area contributed by atoms with Crippen molar-refractivity contribution in [3.63, 3.8) is 0 Å². The average molecular weight is 237 g/mol. The molecule has 2 unspecified atom stereocenters. The maximum atomic E-state index is 10.8. The SMILES string of the molecule is O=C(O)C1OCCC1NOCc1ccccc1. The molecule has 0 saturated carbocycles. The van der Waals surface area contributed by atoms with Crippen molar-refractivity contribution < 1.29 is 19.5 Å². The molecule has 1 saturated heterocycles. The van der Waals surface area contributed by atoms with Crippen LogP contribution in [0, 0.1) is 0 Å². The molecule has 0 amide bonds. The number of hydroxylamine groups is 1. The second-order valence-electron chi connectivity index (χ2n) is 3.92. The molecule has 1 aliphatic heterocycles. The van der Waals surface area contributed by atoms with E-state index in [4.69, 9.17) is 14.7 Å². The van der Waals surface area contributed by atoms with Crippen molar-refractivity contribution in [3.8, 4) is 0 Å². The third-order valence-corrected chi connectivity index (χ3v) is 2.65. The Morgan fingerprint density at radius 1 is 1.47 bits per heavy atom. The number of hydrogen-bond donors (Lipinski definition) is 2. The van der Waals surface area contributed by atoms with Gasteiger partial charge >= 0.3 is 5.97 Å². The smallest absolute Gasteiger partial charge is 0.334 e.